The van der Waals surface area contributed by atoms with Crippen LogP contribution in [0.3, 0.4) is 0 Å². The molecule has 1 N–H and O–H groups in total. The van der Waals surface area contributed by atoms with Crippen LogP contribution in [0.5, 0.6) is 0 Å². The summed E-state index contributed by atoms with van der Waals surface area (Å²) in [6, 6.07) is 0. The third-order valence-corrected chi connectivity index (χ3v) is 2.53. The first kappa shape index (κ1) is 14.9. The molecule has 0 aliphatic carbocycles. The normalized spacial score (nSPS) is 13.6. The molecule has 92 valence electrons. The standard InChI is InChI=1S/C13H28O2/c1-11(2)7-8-13(5,6)15-10-9-12(3,4)14/h11,14H,7-10H2,1-6H3. The predicted molar refractivity (Wildman–Crippen MR) is 65.0 cm³/mol. The minimum absolute atomic E-state index is 0.0600. The fraction of sp³-hybridized carbons (Fsp3) is 1.00. The van der Waals surface area contributed by atoms with Gasteiger partial charge in [0.05, 0.1) is 17.8 Å². The summed E-state index contributed by atoms with van der Waals surface area (Å²) in [6.07, 6.45) is 2.96. The summed E-state index contributed by atoms with van der Waals surface area (Å²) in [5, 5.41) is 9.55. The Kier molecular flexibility index (Phi) is 5.82. The Hall–Kier alpha value is -0.0800. The summed E-state index contributed by atoms with van der Waals surface area (Å²) < 4.78 is 5.80. The maximum Gasteiger partial charge on any atom is 0.0626 e. The van der Waals surface area contributed by atoms with Crippen molar-refractivity contribution < 1.29 is 9.84 Å². The third kappa shape index (κ3) is 10.2. The van der Waals surface area contributed by atoms with Gasteiger partial charge in [-0.25, -0.2) is 0 Å². The van der Waals surface area contributed by atoms with Crippen LogP contribution < -0.4 is 0 Å². The first-order valence-corrected chi connectivity index (χ1v) is 5.99. The fourth-order valence-electron chi connectivity index (χ4n) is 1.29. The van der Waals surface area contributed by atoms with Crippen LogP contribution in [-0.2, 0) is 4.74 Å². The Morgan fingerprint density at radius 1 is 1.07 bits per heavy atom. The molecule has 2 heteroatoms. The molecule has 0 amide bonds. The van der Waals surface area contributed by atoms with Gasteiger partial charge in [-0.3, -0.25) is 0 Å². The second-order valence-electron chi connectivity index (χ2n) is 6.10. The van der Waals surface area contributed by atoms with Crippen LogP contribution in [0.1, 0.15) is 60.8 Å². The van der Waals surface area contributed by atoms with Gasteiger partial charge in [0, 0.05) is 0 Å². The number of aliphatic hydroxyl groups is 1. The molecule has 0 atom stereocenters. The van der Waals surface area contributed by atoms with Crippen LogP contribution in [0, 0.1) is 5.92 Å². The molecule has 0 aromatic heterocycles. The lowest BCUT2D eigenvalue weighted by Gasteiger charge is -2.28. The summed E-state index contributed by atoms with van der Waals surface area (Å²) in [6.45, 7) is 13.0. The molecule has 0 aromatic carbocycles. The van der Waals surface area contributed by atoms with Gasteiger partial charge >= 0.3 is 0 Å². The first-order valence-electron chi connectivity index (χ1n) is 5.99. The van der Waals surface area contributed by atoms with E-state index in [0.29, 0.717) is 13.0 Å². The van der Waals surface area contributed by atoms with Crippen LogP contribution >= 0.6 is 0 Å². The van der Waals surface area contributed by atoms with Crippen molar-refractivity contribution in [3.05, 3.63) is 0 Å². The van der Waals surface area contributed by atoms with Gasteiger partial charge in [0.15, 0.2) is 0 Å². The summed E-state index contributed by atoms with van der Waals surface area (Å²) in [7, 11) is 0. The van der Waals surface area contributed by atoms with Crippen molar-refractivity contribution in [2.45, 2.75) is 72.0 Å². The second kappa shape index (κ2) is 5.86. The Labute approximate surface area is 95.0 Å². The molecule has 0 saturated heterocycles. The molecule has 15 heavy (non-hydrogen) atoms. The molecule has 0 radical (unpaired) electrons. The number of rotatable bonds is 7. The number of hydrogen-bond donors (Lipinski definition) is 1. The molecule has 0 saturated carbocycles. The monoisotopic (exact) mass is 216 g/mol. The van der Waals surface area contributed by atoms with E-state index >= 15 is 0 Å². The minimum Gasteiger partial charge on any atom is -0.390 e. The van der Waals surface area contributed by atoms with E-state index in [2.05, 4.69) is 27.7 Å². The maximum atomic E-state index is 9.55. The van der Waals surface area contributed by atoms with Crippen LogP contribution in [0.2, 0.25) is 0 Å². The van der Waals surface area contributed by atoms with Crippen molar-refractivity contribution >= 4 is 0 Å². The lowest BCUT2D eigenvalue weighted by molar-refractivity contribution is -0.0521. The smallest absolute Gasteiger partial charge is 0.0626 e. The van der Waals surface area contributed by atoms with E-state index < -0.39 is 5.60 Å². The highest BCUT2D eigenvalue weighted by Gasteiger charge is 2.20. The molecule has 0 heterocycles. The quantitative estimate of drug-likeness (QED) is 0.707. The third-order valence-electron chi connectivity index (χ3n) is 2.53. The lowest BCUT2D eigenvalue weighted by atomic mass is 9.97. The molecule has 0 bridgehead atoms. The Morgan fingerprint density at radius 2 is 1.60 bits per heavy atom. The molecular formula is C13H28O2. The lowest BCUT2D eigenvalue weighted by Crippen LogP contribution is -2.29. The van der Waals surface area contributed by atoms with E-state index in [-0.39, 0.29) is 5.60 Å². The highest BCUT2D eigenvalue weighted by Crippen LogP contribution is 2.21. The van der Waals surface area contributed by atoms with Crippen molar-refractivity contribution in [2.24, 2.45) is 5.92 Å². The Balaban J connectivity index is 3.74. The molecule has 0 rings (SSSR count). The van der Waals surface area contributed by atoms with E-state index in [4.69, 9.17) is 4.74 Å². The van der Waals surface area contributed by atoms with E-state index in [1.165, 1.54) is 6.42 Å². The molecular weight excluding hydrogens is 188 g/mol. The predicted octanol–water partition coefficient (Wildman–Crippen LogP) is 3.38. The van der Waals surface area contributed by atoms with Gasteiger partial charge in [-0.1, -0.05) is 13.8 Å². The van der Waals surface area contributed by atoms with E-state index in [1.807, 2.05) is 13.8 Å². The zero-order chi connectivity index (χ0) is 12.1. The van der Waals surface area contributed by atoms with Gasteiger partial charge < -0.3 is 9.84 Å². The first-order chi connectivity index (χ1) is 6.62. The van der Waals surface area contributed by atoms with E-state index in [1.54, 1.807) is 0 Å². The van der Waals surface area contributed by atoms with Gasteiger partial charge in [-0.15, -0.1) is 0 Å². The Bertz CT molecular complexity index is 166. The fourth-order valence-corrected chi connectivity index (χ4v) is 1.29. The van der Waals surface area contributed by atoms with Crippen molar-refractivity contribution in [3.8, 4) is 0 Å². The molecule has 0 aromatic rings. The maximum absolute atomic E-state index is 9.55. The zero-order valence-electron chi connectivity index (χ0n) is 11.3. The van der Waals surface area contributed by atoms with Gasteiger partial charge in [0.25, 0.3) is 0 Å². The van der Waals surface area contributed by atoms with Crippen molar-refractivity contribution in [2.75, 3.05) is 6.61 Å². The number of hydrogen-bond acceptors (Lipinski definition) is 2. The summed E-state index contributed by atoms with van der Waals surface area (Å²) in [5.41, 5.74) is -0.677. The van der Waals surface area contributed by atoms with E-state index in [9.17, 15) is 5.11 Å². The van der Waals surface area contributed by atoms with Crippen molar-refractivity contribution in [1.82, 2.24) is 0 Å². The van der Waals surface area contributed by atoms with Gasteiger partial charge in [0.1, 0.15) is 0 Å². The van der Waals surface area contributed by atoms with Crippen molar-refractivity contribution in [3.63, 3.8) is 0 Å². The summed E-state index contributed by atoms with van der Waals surface area (Å²) >= 11 is 0. The van der Waals surface area contributed by atoms with Gasteiger partial charge in [-0.2, -0.15) is 0 Å². The van der Waals surface area contributed by atoms with Crippen molar-refractivity contribution in [1.29, 1.82) is 0 Å². The van der Waals surface area contributed by atoms with Gasteiger partial charge in [0.2, 0.25) is 0 Å². The van der Waals surface area contributed by atoms with Crippen LogP contribution in [0.15, 0.2) is 0 Å². The molecule has 0 aliphatic heterocycles. The molecule has 0 unspecified atom stereocenters. The van der Waals surface area contributed by atoms with Crippen LogP contribution in [0.25, 0.3) is 0 Å². The second-order valence-corrected chi connectivity index (χ2v) is 6.10. The molecule has 2 nitrogen and oxygen atoms in total. The minimum atomic E-state index is -0.617. The van der Waals surface area contributed by atoms with Crippen LogP contribution in [0.4, 0.5) is 0 Å². The summed E-state index contributed by atoms with van der Waals surface area (Å²) in [4.78, 5) is 0. The molecule has 0 spiro atoms. The van der Waals surface area contributed by atoms with E-state index in [0.717, 1.165) is 12.3 Å². The average molecular weight is 216 g/mol. The topological polar surface area (TPSA) is 29.5 Å². The highest BCUT2D eigenvalue weighted by atomic mass is 16.5. The zero-order valence-corrected chi connectivity index (χ0v) is 11.3. The van der Waals surface area contributed by atoms with Crippen LogP contribution in [-0.4, -0.2) is 22.9 Å². The SMILES string of the molecule is CC(C)CCC(C)(C)OCCC(C)(C)O. The summed E-state index contributed by atoms with van der Waals surface area (Å²) in [5.74, 6) is 0.724. The largest absolute Gasteiger partial charge is 0.390 e. The highest BCUT2D eigenvalue weighted by molar-refractivity contribution is 4.71. The molecule has 0 fully saturated rings. The van der Waals surface area contributed by atoms with Gasteiger partial charge in [-0.05, 0) is 52.9 Å². The number of ether oxygens (including phenoxy) is 1. The average Bonchev–Trinajstić information content (AvgIpc) is 1.98. The molecule has 0 aliphatic rings. The Morgan fingerprint density at radius 3 is 2.00 bits per heavy atom.